The van der Waals surface area contributed by atoms with Crippen LogP contribution >= 0.6 is 0 Å². The molecule has 17 heavy (non-hydrogen) atoms. The van der Waals surface area contributed by atoms with Gasteiger partial charge in [0, 0.05) is 12.5 Å². The molecule has 1 unspecified atom stereocenters. The molecular weight excluding hydrogens is 218 g/mol. The Labute approximate surface area is 103 Å². The lowest BCUT2D eigenvalue weighted by Crippen LogP contribution is -2.47. The number of methoxy groups -OCH3 is 1. The largest absolute Gasteiger partial charge is 0.382 e. The fourth-order valence-corrected chi connectivity index (χ4v) is 1.45. The predicted octanol–water partition coefficient (Wildman–Crippen LogP) is 1.82. The zero-order chi connectivity index (χ0) is 13.3. The van der Waals surface area contributed by atoms with Crippen molar-refractivity contribution in [3.8, 4) is 0 Å². The third kappa shape index (κ3) is 2.84. The first-order valence-corrected chi connectivity index (χ1v) is 5.84. The Balaban J connectivity index is 3.09. The van der Waals surface area contributed by atoms with Crippen LogP contribution in [0.1, 0.15) is 46.3 Å². The van der Waals surface area contributed by atoms with Gasteiger partial charge in [0.1, 0.15) is 5.54 Å². The molecule has 0 bridgehead atoms. The van der Waals surface area contributed by atoms with Crippen molar-refractivity contribution in [2.45, 2.75) is 45.6 Å². The van der Waals surface area contributed by atoms with Crippen LogP contribution in [0.4, 0.5) is 0 Å². The highest BCUT2D eigenvalue weighted by Gasteiger charge is 2.37. The van der Waals surface area contributed by atoms with E-state index in [9.17, 15) is 0 Å². The lowest BCUT2D eigenvalue weighted by molar-refractivity contribution is 0.0965. The third-order valence-electron chi connectivity index (χ3n) is 2.90. The summed E-state index contributed by atoms with van der Waals surface area (Å²) < 4.78 is 10.4. The molecule has 2 N–H and O–H groups in total. The number of nitrogens with two attached hydrogens (primary N) is 1. The minimum Gasteiger partial charge on any atom is -0.382 e. The van der Waals surface area contributed by atoms with Gasteiger partial charge in [-0.1, -0.05) is 39.8 Å². The van der Waals surface area contributed by atoms with Crippen LogP contribution in [0.15, 0.2) is 4.52 Å². The van der Waals surface area contributed by atoms with Crippen molar-refractivity contribution in [1.82, 2.24) is 10.1 Å². The Morgan fingerprint density at radius 2 is 1.94 bits per heavy atom. The minimum atomic E-state index is -0.707. The molecule has 0 aliphatic heterocycles. The summed E-state index contributed by atoms with van der Waals surface area (Å²) >= 11 is 0. The number of aromatic nitrogens is 2. The highest BCUT2D eigenvalue weighted by Crippen LogP contribution is 2.27. The third-order valence-corrected chi connectivity index (χ3v) is 2.90. The smallest absolute Gasteiger partial charge is 0.232 e. The standard InChI is InChI=1S/C12H23N3O2/c1-8(2)12(13,7-16-6)9-14-10(17-15-9)11(3,4)5/h8H,7,13H2,1-6H3. The van der Waals surface area contributed by atoms with Gasteiger partial charge < -0.3 is 15.0 Å². The Kier molecular flexibility index (Phi) is 3.94. The summed E-state index contributed by atoms with van der Waals surface area (Å²) in [5.74, 6) is 1.27. The van der Waals surface area contributed by atoms with Crippen molar-refractivity contribution < 1.29 is 9.26 Å². The molecule has 1 aromatic rings. The maximum absolute atomic E-state index is 6.32. The first-order chi connectivity index (χ1) is 7.71. The minimum absolute atomic E-state index is 0.160. The maximum atomic E-state index is 6.32. The molecule has 1 aromatic heterocycles. The molecule has 0 radical (unpaired) electrons. The number of hydrogen-bond acceptors (Lipinski definition) is 5. The average Bonchev–Trinajstić information content (AvgIpc) is 2.65. The summed E-state index contributed by atoms with van der Waals surface area (Å²) in [5.41, 5.74) is 5.44. The number of hydrogen-bond donors (Lipinski definition) is 1. The van der Waals surface area contributed by atoms with Gasteiger partial charge in [-0.3, -0.25) is 0 Å². The van der Waals surface area contributed by atoms with Crippen molar-refractivity contribution in [2.24, 2.45) is 11.7 Å². The van der Waals surface area contributed by atoms with Crippen LogP contribution in [0.3, 0.4) is 0 Å². The Hall–Kier alpha value is -0.940. The van der Waals surface area contributed by atoms with Gasteiger partial charge in [0.05, 0.1) is 6.61 Å². The van der Waals surface area contributed by atoms with Gasteiger partial charge in [-0.15, -0.1) is 0 Å². The highest BCUT2D eigenvalue weighted by molar-refractivity contribution is 5.08. The Morgan fingerprint density at radius 3 is 2.29 bits per heavy atom. The molecule has 0 aliphatic carbocycles. The zero-order valence-electron chi connectivity index (χ0n) is 11.6. The van der Waals surface area contributed by atoms with E-state index in [1.807, 2.05) is 34.6 Å². The summed E-state index contributed by atoms with van der Waals surface area (Å²) in [7, 11) is 1.62. The van der Waals surface area contributed by atoms with Gasteiger partial charge in [-0.2, -0.15) is 4.98 Å². The summed E-state index contributed by atoms with van der Waals surface area (Å²) in [4.78, 5) is 4.41. The molecular formula is C12H23N3O2. The second-order valence-electron chi connectivity index (χ2n) is 5.80. The van der Waals surface area contributed by atoms with Crippen LogP contribution in [0.2, 0.25) is 0 Å². The molecule has 0 amide bonds. The first kappa shape index (κ1) is 14.1. The summed E-state index contributed by atoms with van der Waals surface area (Å²) in [5, 5.41) is 4.00. The van der Waals surface area contributed by atoms with Gasteiger partial charge in [0.2, 0.25) is 5.89 Å². The molecule has 1 rings (SSSR count). The second kappa shape index (κ2) is 4.74. The van der Waals surface area contributed by atoms with E-state index in [0.29, 0.717) is 18.3 Å². The van der Waals surface area contributed by atoms with Gasteiger partial charge in [-0.05, 0) is 5.92 Å². The van der Waals surface area contributed by atoms with Crippen molar-refractivity contribution in [3.63, 3.8) is 0 Å². The molecule has 0 aromatic carbocycles. The summed E-state index contributed by atoms with van der Waals surface area (Å²) in [6.07, 6.45) is 0. The molecule has 98 valence electrons. The van der Waals surface area contributed by atoms with Crippen molar-refractivity contribution in [2.75, 3.05) is 13.7 Å². The molecule has 5 heteroatoms. The van der Waals surface area contributed by atoms with Crippen molar-refractivity contribution >= 4 is 0 Å². The second-order valence-corrected chi connectivity index (χ2v) is 5.80. The zero-order valence-corrected chi connectivity index (χ0v) is 11.6. The van der Waals surface area contributed by atoms with Crippen LogP contribution in [-0.2, 0) is 15.7 Å². The van der Waals surface area contributed by atoms with E-state index in [0.717, 1.165) is 0 Å². The highest BCUT2D eigenvalue weighted by atomic mass is 16.5. The average molecular weight is 241 g/mol. The topological polar surface area (TPSA) is 74.2 Å². The predicted molar refractivity (Wildman–Crippen MR) is 65.6 cm³/mol. The van der Waals surface area contributed by atoms with E-state index in [1.54, 1.807) is 7.11 Å². The maximum Gasteiger partial charge on any atom is 0.232 e. The quantitative estimate of drug-likeness (QED) is 0.870. The molecule has 0 aliphatic rings. The number of nitrogens with zero attached hydrogens (tertiary/aromatic N) is 2. The van der Waals surface area contributed by atoms with E-state index in [-0.39, 0.29) is 11.3 Å². The first-order valence-electron chi connectivity index (χ1n) is 5.84. The van der Waals surface area contributed by atoms with Gasteiger partial charge in [0.15, 0.2) is 5.82 Å². The van der Waals surface area contributed by atoms with E-state index >= 15 is 0 Å². The number of rotatable bonds is 4. The molecule has 0 fully saturated rings. The normalized spacial score (nSPS) is 16.2. The molecule has 0 saturated carbocycles. The molecule has 0 saturated heterocycles. The molecule has 1 heterocycles. The molecule has 5 nitrogen and oxygen atoms in total. The van der Waals surface area contributed by atoms with Gasteiger partial charge in [0.25, 0.3) is 0 Å². The monoisotopic (exact) mass is 241 g/mol. The van der Waals surface area contributed by atoms with Gasteiger partial charge >= 0.3 is 0 Å². The molecule has 1 atom stereocenters. The summed E-state index contributed by atoms with van der Waals surface area (Å²) in [6.45, 7) is 10.5. The lowest BCUT2D eigenvalue weighted by Gasteiger charge is -2.29. The fraction of sp³-hybridized carbons (Fsp3) is 0.833. The van der Waals surface area contributed by atoms with E-state index in [4.69, 9.17) is 15.0 Å². The van der Waals surface area contributed by atoms with Crippen LogP contribution in [-0.4, -0.2) is 23.9 Å². The lowest BCUT2D eigenvalue weighted by atomic mass is 9.87. The Bertz CT molecular complexity index is 368. The summed E-state index contributed by atoms with van der Waals surface area (Å²) in [6, 6.07) is 0. The van der Waals surface area contributed by atoms with Crippen LogP contribution < -0.4 is 5.73 Å². The Morgan fingerprint density at radius 1 is 1.35 bits per heavy atom. The van der Waals surface area contributed by atoms with Crippen LogP contribution in [0.5, 0.6) is 0 Å². The fourth-order valence-electron chi connectivity index (χ4n) is 1.45. The van der Waals surface area contributed by atoms with Crippen LogP contribution in [0, 0.1) is 5.92 Å². The SMILES string of the molecule is COCC(N)(c1noc(C(C)(C)C)n1)C(C)C. The van der Waals surface area contributed by atoms with E-state index in [2.05, 4.69) is 10.1 Å². The van der Waals surface area contributed by atoms with E-state index < -0.39 is 5.54 Å². The van der Waals surface area contributed by atoms with Crippen molar-refractivity contribution in [3.05, 3.63) is 11.7 Å². The van der Waals surface area contributed by atoms with Crippen LogP contribution in [0.25, 0.3) is 0 Å². The number of ether oxygens (including phenoxy) is 1. The molecule has 0 spiro atoms. The van der Waals surface area contributed by atoms with Gasteiger partial charge in [-0.25, -0.2) is 0 Å². The van der Waals surface area contributed by atoms with Crippen molar-refractivity contribution in [1.29, 1.82) is 0 Å². The van der Waals surface area contributed by atoms with E-state index in [1.165, 1.54) is 0 Å².